The van der Waals surface area contributed by atoms with E-state index in [1.807, 2.05) is 0 Å². The quantitative estimate of drug-likeness (QED) is 0.424. The number of nitrogens with one attached hydrogen (secondary N) is 2. The van der Waals surface area contributed by atoms with Crippen LogP contribution in [0.5, 0.6) is 0 Å². The zero-order valence-electron chi connectivity index (χ0n) is 19.6. The molecular formula is C23H32N4O5S2. The molecule has 186 valence electrons. The van der Waals surface area contributed by atoms with E-state index in [1.165, 1.54) is 19.1 Å². The number of benzene rings is 1. The molecule has 9 nitrogen and oxygen atoms in total. The number of amidine groups is 1. The predicted octanol–water partition coefficient (Wildman–Crippen LogP) is 2.31. The smallest absolute Gasteiger partial charge is 0.283 e. The molecule has 0 unspecified atom stereocenters. The molecule has 3 rings (SSSR count). The summed E-state index contributed by atoms with van der Waals surface area (Å²) in [5.74, 6) is -0.706. The molecule has 11 heteroatoms. The summed E-state index contributed by atoms with van der Waals surface area (Å²) in [5.41, 5.74) is -1.37. The van der Waals surface area contributed by atoms with Gasteiger partial charge in [-0.2, -0.15) is 13.7 Å². The summed E-state index contributed by atoms with van der Waals surface area (Å²) < 4.78 is 52.8. The van der Waals surface area contributed by atoms with E-state index in [0.717, 1.165) is 25.7 Å². The largest absolute Gasteiger partial charge is 0.361 e. The fourth-order valence-electron chi connectivity index (χ4n) is 4.71. The Kier molecular flexibility index (Phi) is 7.72. The van der Waals surface area contributed by atoms with Crippen molar-refractivity contribution >= 4 is 31.6 Å². The molecule has 0 radical (unpaired) electrons. The van der Waals surface area contributed by atoms with Gasteiger partial charge >= 0.3 is 0 Å². The zero-order chi connectivity index (χ0) is 25.0. The average Bonchev–Trinajstić information content (AvgIpc) is 3.21. The van der Waals surface area contributed by atoms with Gasteiger partial charge in [0, 0.05) is 0 Å². The molecule has 2 aliphatic rings. The number of nitrogens with zero attached hydrogens (tertiary/aromatic N) is 2. The minimum atomic E-state index is -3.96. The first kappa shape index (κ1) is 26.2. The van der Waals surface area contributed by atoms with Crippen LogP contribution in [0.2, 0.25) is 0 Å². The Balaban J connectivity index is 1.82. The van der Waals surface area contributed by atoms with E-state index in [4.69, 9.17) is 0 Å². The first-order valence-electron chi connectivity index (χ1n) is 11.4. The number of hydrogen-bond donors (Lipinski definition) is 2. The molecule has 1 amide bonds. The highest BCUT2D eigenvalue weighted by Crippen LogP contribution is 2.41. The van der Waals surface area contributed by atoms with Gasteiger partial charge in [-0.1, -0.05) is 38.0 Å². The van der Waals surface area contributed by atoms with Gasteiger partial charge in [0.05, 0.1) is 22.5 Å². The molecular weight excluding hydrogens is 476 g/mol. The summed E-state index contributed by atoms with van der Waals surface area (Å²) in [4.78, 5) is 13.4. The Bertz CT molecular complexity index is 1170. The molecule has 1 aromatic rings. The zero-order valence-corrected chi connectivity index (χ0v) is 21.2. The molecule has 1 heterocycles. The fourth-order valence-corrected chi connectivity index (χ4v) is 7.26. The number of hydrogen-bond acceptors (Lipinski definition) is 6. The molecule has 2 fully saturated rings. The van der Waals surface area contributed by atoms with Crippen molar-refractivity contribution in [1.82, 2.24) is 10.6 Å². The van der Waals surface area contributed by atoms with Gasteiger partial charge in [0.2, 0.25) is 5.91 Å². The third kappa shape index (κ3) is 6.57. The van der Waals surface area contributed by atoms with Crippen molar-refractivity contribution in [3.05, 3.63) is 30.3 Å². The van der Waals surface area contributed by atoms with Crippen LogP contribution in [0.4, 0.5) is 0 Å². The minimum Gasteiger partial charge on any atom is -0.361 e. The van der Waals surface area contributed by atoms with E-state index < -0.39 is 37.3 Å². The van der Waals surface area contributed by atoms with Gasteiger partial charge in [-0.3, -0.25) is 4.79 Å². The first-order valence-corrected chi connectivity index (χ1v) is 14.7. The van der Waals surface area contributed by atoms with E-state index >= 15 is 0 Å². The lowest BCUT2D eigenvalue weighted by molar-refractivity contribution is -0.125. The Morgan fingerprint density at radius 2 is 1.74 bits per heavy atom. The Labute approximate surface area is 202 Å². The Morgan fingerprint density at radius 3 is 2.29 bits per heavy atom. The van der Waals surface area contributed by atoms with Crippen molar-refractivity contribution < 1.29 is 21.6 Å². The number of carbonyl (C=O) groups is 1. The van der Waals surface area contributed by atoms with Crippen LogP contribution in [-0.4, -0.2) is 51.7 Å². The maximum absolute atomic E-state index is 13.4. The second-order valence-corrected chi connectivity index (χ2v) is 13.6. The number of sulfone groups is 1. The van der Waals surface area contributed by atoms with Crippen LogP contribution < -0.4 is 10.6 Å². The van der Waals surface area contributed by atoms with E-state index in [0.29, 0.717) is 6.42 Å². The normalized spacial score (nSPS) is 22.3. The number of nitriles is 1. The topological polar surface area (TPSA) is 146 Å². The van der Waals surface area contributed by atoms with E-state index in [1.54, 1.807) is 18.2 Å². The maximum Gasteiger partial charge on any atom is 0.283 e. The SMILES string of the molecule is C/C(=N\S(=O)(=O)c1ccccc1)N[C@@H](CC1(C)CCCC1)C(=O)NC1(C#N)CCS(=O)(=O)CC1. The average molecular weight is 509 g/mol. The van der Waals surface area contributed by atoms with Crippen LogP contribution in [0, 0.1) is 16.7 Å². The number of amides is 1. The Morgan fingerprint density at radius 1 is 1.15 bits per heavy atom. The lowest BCUT2D eigenvalue weighted by atomic mass is 9.81. The maximum atomic E-state index is 13.4. The second kappa shape index (κ2) is 10.0. The molecule has 0 spiro atoms. The third-order valence-electron chi connectivity index (χ3n) is 6.76. The van der Waals surface area contributed by atoms with Gasteiger partial charge in [0.25, 0.3) is 10.0 Å². The van der Waals surface area contributed by atoms with Gasteiger partial charge in [-0.25, -0.2) is 8.42 Å². The van der Waals surface area contributed by atoms with E-state index in [-0.39, 0.29) is 40.5 Å². The third-order valence-corrected chi connectivity index (χ3v) is 9.80. The highest BCUT2D eigenvalue weighted by atomic mass is 32.2. The van der Waals surface area contributed by atoms with Gasteiger partial charge in [0.15, 0.2) is 9.84 Å². The lowest BCUT2D eigenvalue weighted by Crippen LogP contribution is -2.58. The molecule has 1 aliphatic heterocycles. The highest BCUT2D eigenvalue weighted by Gasteiger charge is 2.41. The summed E-state index contributed by atoms with van der Waals surface area (Å²) in [5, 5.41) is 15.5. The summed E-state index contributed by atoms with van der Waals surface area (Å²) in [6.07, 6.45) is 4.49. The van der Waals surface area contributed by atoms with Crippen LogP contribution in [0.15, 0.2) is 39.6 Å². The monoisotopic (exact) mass is 508 g/mol. The summed E-state index contributed by atoms with van der Waals surface area (Å²) in [7, 11) is -7.17. The van der Waals surface area contributed by atoms with E-state index in [2.05, 4.69) is 28.0 Å². The van der Waals surface area contributed by atoms with Crippen LogP contribution in [0.1, 0.15) is 58.8 Å². The first-order chi connectivity index (χ1) is 15.9. The lowest BCUT2D eigenvalue weighted by Gasteiger charge is -2.35. The summed E-state index contributed by atoms with van der Waals surface area (Å²) in [6, 6.07) is 9.10. The van der Waals surface area contributed by atoms with Crippen molar-refractivity contribution in [3.63, 3.8) is 0 Å². The highest BCUT2D eigenvalue weighted by molar-refractivity contribution is 7.91. The van der Waals surface area contributed by atoms with Gasteiger partial charge in [-0.15, -0.1) is 4.40 Å². The van der Waals surface area contributed by atoms with Crippen molar-refractivity contribution in [2.45, 2.75) is 75.3 Å². The van der Waals surface area contributed by atoms with Crippen molar-refractivity contribution in [1.29, 1.82) is 5.26 Å². The molecule has 1 saturated heterocycles. The summed E-state index contributed by atoms with van der Waals surface area (Å²) >= 11 is 0. The molecule has 1 saturated carbocycles. The second-order valence-electron chi connectivity index (χ2n) is 9.72. The van der Waals surface area contributed by atoms with Crippen LogP contribution in [0.25, 0.3) is 0 Å². The van der Waals surface area contributed by atoms with Crippen LogP contribution in [-0.2, 0) is 24.7 Å². The molecule has 1 aromatic carbocycles. The van der Waals surface area contributed by atoms with Crippen molar-refractivity contribution in [2.24, 2.45) is 9.81 Å². The molecule has 1 aliphatic carbocycles. The Hall–Kier alpha value is -2.45. The van der Waals surface area contributed by atoms with Crippen LogP contribution in [0.3, 0.4) is 0 Å². The minimum absolute atomic E-state index is 0.0248. The van der Waals surface area contributed by atoms with E-state index in [9.17, 15) is 26.9 Å². The molecule has 34 heavy (non-hydrogen) atoms. The van der Waals surface area contributed by atoms with Crippen molar-refractivity contribution in [2.75, 3.05) is 11.5 Å². The molecule has 1 atom stereocenters. The number of sulfonamides is 1. The molecule has 2 N–H and O–H groups in total. The fraction of sp³-hybridized carbons (Fsp3) is 0.609. The molecule has 0 aromatic heterocycles. The van der Waals surface area contributed by atoms with Gasteiger partial charge in [0.1, 0.15) is 17.4 Å². The number of rotatable bonds is 7. The predicted molar refractivity (Wildman–Crippen MR) is 129 cm³/mol. The number of carbonyl (C=O) groups excluding carboxylic acids is 1. The summed E-state index contributed by atoms with van der Waals surface area (Å²) in [6.45, 7) is 3.59. The molecule has 0 bridgehead atoms. The van der Waals surface area contributed by atoms with Gasteiger partial charge in [-0.05, 0) is 56.6 Å². The van der Waals surface area contributed by atoms with Crippen molar-refractivity contribution in [3.8, 4) is 6.07 Å². The van der Waals surface area contributed by atoms with Crippen LogP contribution >= 0.6 is 0 Å². The standard InChI is InChI=1S/C23H32N4O5S2/c1-18(27-34(31,32)19-8-4-3-5-9-19)25-20(16-22(2)10-6-7-11-22)21(28)26-23(17-24)12-14-33(29,30)15-13-23/h3-5,8-9,20H,6-7,10-16H2,1-2H3,(H,25,27)(H,26,28)/t20-/m0/s1. The van der Waals surface area contributed by atoms with Gasteiger partial charge < -0.3 is 10.6 Å².